The number of amides is 1. The zero-order chi connectivity index (χ0) is 16.9. The summed E-state index contributed by atoms with van der Waals surface area (Å²) in [4.78, 5) is 17.3. The van der Waals surface area contributed by atoms with Gasteiger partial charge in [-0.1, -0.05) is 0 Å². The van der Waals surface area contributed by atoms with Gasteiger partial charge in [0.1, 0.15) is 0 Å². The van der Waals surface area contributed by atoms with E-state index in [9.17, 15) is 9.90 Å². The number of piperidine rings is 2. The number of likely N-dealkylation sites (tertiary alicyclic amines) is 2. The summed E-state index contributed by atoms with van der Waals surface area (Å²) in [5, 5.41) is 9.61. The molecule has 138 valence electrons. The molecule has 0 radical (unpaired) electrons. The maximum absolute atomic E-state index is 12.7. The van der Waals surface area contributed by atoms with Crippen LogP contribution in [0.2, 0.25) is 0 Å². The van der Waals surface area contributed by atoms with E-state index in [1.54, 1.807) is 7.11 Å². The van der Waals surface area contributed by atoms with Crippen LogP contribution in [0.4, 0.5) is 0 Å². The Morgan fingerprint density at radius 3 is 2.17 bits per heavy atom. The lowest BCUT2D eigenvalue weighted by Crippen LogP contribution is -2.46. The summed E-state index contributed by atoms with van der Waals surface area (Å²) in [5.74, 6) is 1.34. The quantitative estimate of drug-likeness (QED) is 0.850. The molecule has 3 fully saturated rings. The van der Waals surface area contributed by atoms with Crippen LogP contribution in [0.1, 0.15) is 51.4 Å². The van der Waals surface area contributed by atoms with Gasteiger partial charge in [0, 0.05) is 45.8 Å². The minimum atomic E-state index is -0.0890. The third-order valence-corrected chi connectivity index (χ3v) is 6.36. The number of methoxy groups -OCH3 is 1. The van der Waals surface area contributed by atoms with E-state index in [1.807, 2.05) is 0 Å². The van der Waals surface area contributed by atoms with Crippen molar-refractivity contribution < 1.29 is 14.6 Å². The summed E-state index contributed by atoms with van der Waals surface area (Å²) in [6, 6.07) is 0. The molecule has 0 bridgehead atoms. The molecule has 0 atom stereocenters. The number of carbonyl (C=O) groups is 1. The second kappa shape index (κ2) is 8.63. The lowest BCUT2D eigenvalue weighted by molar-refractivity contribution is -0.139. The molecule has 24 heavy (non-hydrogen) atoms. The van der Waals surface area contributed by atoms with Crippen LogP contribution in [-0.4, -0.2) is 72.9 Å². The van der Waals surface area contributed by atoms with Crippen molar-refractivity contribution in [3.05, 3.63) is 0 Å². The second-order valence-corrected chi connectivity index (χ2v) is 8.01. The highest BCUT2D eigenvalue weighted by atomic mass is 16.5. The smallest absolute Gasteiger partial charge is 0.225 e. The summed E-state index contributed by atoms with van der Waals surface area (Å²) in [6.45, 7) is 5.08. The first-order valence-corrected chi connectivity index (χ1v) is 9.87. The third-order valence-electron chi connectivity index (χ3n) is 6.36. The fraction of sp³-hybridized carbons (Fsp3) is 0.947. The van der Waals surface area contributed by atoms with Gasteiger partial charge in [-0.05, 0) is 57.3 Å². The Hall–Kier alpha value is -0.650. The number of ether oxygens (including phenoxy) is 1. The number of hydrogen-bond donors (Lipinski definition) is 1. The van der Waals surface area contributed by atoms with Crippen LogP contribution in [0.25, 0.3) is 0 Å². The van der Waals surface area contributed by atoms with Gasteiger partial charge in [0.25, 0.3) is 0 Å². The summed E-state index contributed by atoms with van der Waals surface area (Å²) in [5.41, 5.74) is 0. The molecule has 0 aromatic carbocycles. The average Bonchev–Trinajstić information content (AvgIpc) is 2.64. The van der Waals surface area contributed by atoms with Gasteiger partial charge in [-0.2, -0.15) is 0 Å². The van der Waals surface area contributed by atoms with E-state index in [0.717, 1.165) is 84.1 Å². The number of hydrogen-bond acceptors (Lipinski definition) is 4. The summed E-state index contributed by atoms with van der Waals surface area (Å²) >= 11 is 0. The predicted molar refractivity (Wildman–Crippen MR) is 93.7 cm³/mol. The lowest BCUT2D eigenvalue weighted by atomic mass is 9.85. The van der Waals surface area contributed by atoms with E-state index in [2.05, 4.69) is 9.80 Å². The normalized spacial score (nSPS) is 31.3. The van der Waals surface area contributed by atoms with Gasteiger partial charge < -0.3 is 19.6 Å². The molecule has 1 saturated carbocycles. The summed E-state index contributed by atoms with van der Waals surface area (Å²) < 4.78 is 5.41. The van der Waals surface area contributed by atoms with Crippen molar-refractivity contribution in [2.24, 2.45) is 11.8 Å². The van der Waals surface area contributed by atoms with Crippen LogP contribution in [0.3, 0.4) is 0 Å². The Morgan fingerprint density at radius 1 is 0.958 bits per heavy atom. The lowest BCUT2D eigenvalue weighted by Gasteiger charge is -2.38. The molecule has 0 aromatic heterocycles. The molecule has 2 saturated heterocycles. The standard InChI is InChI=1S/C19H34N2O3/c1-24-18-4-2-16(3-5-18)19(23)21-12-6-15(7-13-21)14-20-10-8-17(22)9-11-20/h15-18,22H,2-14H2,1H3. The molecule has 2 aliphatic heterocycles. The van der Waals surface area contributed by atoms with Crippen molar-refractivity contribution in [2.75, 3.05) is 39.8 Å². The molecule has 2 heterocycles. The highest BCUT2D eigenvalue weighted by Gasteiger charge is 2.32. The monoisotopic (exact) mass is 338 g/mol. The Labute approximate surface area is 146 Å². The first kappa shape index (κ1) is 18.2. The van der Waals surface area contributed by atoms with E-state index >= 15 is 0 Å². The number of aliphatic hydroxyl groups excluding tert-OH is 1. The van der Waals surface area contributed by atoms with Crippen molar-refractivity contribution in [3.8, 4) is 0 Å². The molecule has 3 rings (SSSR count). The van der Waals surface area contributed by atoms with Crippen LogP contribution < -0.4 is 0 Å². The molecule has 5 nitrogen and oxygen atoms in total. The van der Waals surface area contributed by atoms with E-state index in [4.69, 9.17) is 4.74 Å². The van der Waals surface area contributed by atoms with E-state index in [-0.39, 0.29) is 12.0 Å². The second-order valence-electron chi connectivity index (χ2n) is 8.01. The van der Waals surface area contributed by atoms with Crippen molar-refractivity contribution in [1.82, 2.24) is 9.80 Å². The first-order valence-electron chi connectivity index (χ1n) is 9.87. The maximum Gasteiger partial charge on any atom is 0.225 e. The molecule has 5 heteroatoms. The molecular formula is C19H34N2O3. The number of rotatable bonds is 4. The Kier molecular flexibility index (Phi) is 6.53. The fourth-order valence-electron chi connectivity index (χ4n) is 4.61. The van der Waals surface area contributed by atoms with Gasteiger partial charge in [0.05, 0.1) is 12.2 Å². The summed E-state index contributed by atoms with van der Waals surface area (Å²) in [7, 11) is 1.78. The van der Waals surface area contributed by atoms with Crippen LogP contribution in [0.5, 0.6) is 0 Å². The zero-order valence-electron chi connectivity index (χ0n) is 15.2. The third kappa shape index (κ3) is 4.70. The highest BCUT2D eigenvalue weighted by Crippen LogP contribution is 2.29. The zero-order valence-corrected chi connectivity index (χ0v) is 15.2. The SMILES string of the molecule is COC1CCC(C(=O)N2CCC(CN3CCC(O)CC3)CC2)CC1. The van der Waals surface area contributed by atoms with Gasteiger partial charge >= 0.3 is 0 Å². The Bertz CT molecular complexity index is 393. The van der Waals surface area contributed by atoms with Crippen molar-refractivity contribution >= 4 is 5.91 Å². The fourth-order valence-corrected chi connectivity index (χ4v) is 4.61. The molecule has 1 amide bonds. The highest BCUT2D eigenvalue weighted by molar-refractivity contribution is 5.79. The molecular weight excluding hydrogens is 304 g/mol. The van der Waals surface area contributed by atoms with Crippen LogP contribution >= 0.6 is 0 Å². The van der Waals surface area contributed by atoms with Gasteiger partial charge in [0.2, 0.25) is 5.91 Å². The number of nitrogens with zero attached hydrogens (tertiary/aromatic N) is 2. The van der Waals surface area contributed by atoms with Crippen LogP contribution in [0, 0.1) is 11.8 Å². The van der Waals surface area contributed by atoms with E-state index in [1.165, 1.54) is 0 Å². The maximum atomic E-state index is 12.7. The van der Waals surface area contributed by atoms with E-state index in [0.29, 0.717) is 17.9 Å². The Balaban J connectivity index is 1.38. The number of carbonyl (C=O) groups excluding carboxylic acids is 1. The Morgan fingerprint density at radius 2 is 1.58 bits per heavy atom. The average molecular weight is 338 g/mol. The largest absolute Gasteiger partial charge is 0.393 e. The van der Waals surface area contributed by atoms with Crippen LogP contribution in [-0.2, 0) is 9.53 Å². The van der Waals surface area contributed by atoms with Gasteiger partial charge in [-0.3, -0.25) is 4.79 Å². The van der Waals surface area contributed by atoms with Gasteiger partial charge in [-0.15, -0.1) is 0 Å². The molecule has 1 N–H and O–H groups in total. The van der Waals surface area contributed by atoms with E-state index < -0.39 is 0 Å². The van der Waals surface area contributed by atoms with Crippen molar-refractivity contribution in [3.63, 3.8) is 0 Å². The molecule has 0 aromatic rings. The minimum absolute atomic E-state index is 0.0890. The van der Waals surface area contributed by atoms with Gasteiger partial charge in [-0.25, -0.2) is 0 Å². The topological polar surface area (TPSA) is 53.0 Å². The molecule has 0 spiro atoms. The van der Waals surface area contributed by atoms with Gasteiger partial charge in [0.15, 0.2) is 0 Å². The number of aliphatic hydroxyl groups is 1. The van der Waals surface area contributed by atoms with Crippen molar-refractivity contribution in [1.29, 1.82) is 0 Å². The molecule has 3 aliphatic rings. The first-order chi connectivity index (χ1) is 11.7. The summed E-state index contributed by atoms with van der Waals surface area (Å²) in [6.07, 6.45) is 8.44. The predicted octanol–water partition coefficient (Wildman–Crippen LogP) is 1.89. The van der Waals surface area contributed by atoms with Crippen LogP contribution in [0.15, 0.2) is 0 Å². The minimum Gasteiger partial charge on any atom is -0.393 e. The molecule has 1 aliphatic carbocycles. The molecule has 0 unspecified atom stereocenters. The van der Waals surface area contributed by atoms with Crippen molar-refractivity contribution in [2.45, 2.75) is 63.6 Å².